The fourth-order valence-electron chi connectivity index (χ4n) is 5.95. The van der Waals surface area contributed by atoms with E-state index in [1.54, 1.807) is 11.9 Å². The van der Waals surface area contributed by atoms with Gasteiger partial charge in [-0.3, -0.25) is 19.3 Å². The molecule has 1 spiro atoms. The standard InChI is InChI=1S/C22H33N3O7S/c1-23-21(29)24(20(28)22(23)10-5-2-6-11-22)13-19(27)32-14-18(26)25(16-7-3-4-8-16)17-9-12-33(30,31)15-17/h16-17H,2-15H2,1H3. The third-order valence-corrected chi connectivity index (χ3v) is 9.49. The number of hydrogen-bond donors (Lipinski definition) is 0. The zero-order chi connectivity index (χ0) is 23.8. The summed E-state index contributed by atoms with van der Waals surface area (Å²) in [6.07, 6.45) is 7.84. The van der Waals surface area contributed by atoms with Crippen molar-refractivity contribution < 1.29 is 32.3 Å². The van der Waals surface area contributed by atoms with Gasteiger partial charge in [-0.2, -0.15) is 0 Å². The smallest absolute Gasteiger partial charge is 0.327 e. The summed E-state index contributed by atoms with van der Waals surface area (Å²) < 4.78 is 29.1. The fourth-order valence-corrected chi connectivity index (χ4v) is 7.66. The maximum Gasteiger partial charge on any atom is 0.327 e. The summed E-state index contributed by atoms with van der Waals surface area (Å²) in [4.78, 5) is 55.1. The highest BCUT2D eigenvalue weighted by Gasteiger charge is 2.56. The van der Waals surface area contributed by atoms with Crippen molar-refractivity contribution in [3.63, 3.8) is 0 Å². The van der Waals surface area contributed by atoms with Crippen molar-refractivity contribution in [3.05, 3.63) is 0 Å². The summed E-state index contributed by atoms with van der Waals surface area (Å²) in [5.41, 5.74) is -0.876. The minimum Gasteiger partial charge on any atom is -0.454 e. The number of amides is 4. The summed E-state index contributed by atoms with van der Waals surface area (Å²) >= 11 is 0. The molecule has 33 heavy (non-hydrogen) atoms. The summed E-state index contributed by atoms with van der Waals surface area (Å²) in [5.74, 6) is -1.62. The van der Waals surface area contributed by atoms with E-state index in [9.17, 15) is 27.6 Å². The number of urea groups is 1. The molecule has 0 radical (unpaired) electrons. The minimum atomic E-state index is -3.17. The largest absolute Gasteiger partial charge is 0.454 e. The number of hydrogen-bond acceptors (Lipinski definition) is 7. The molecule has 2 aliphatic carbocycles. The summed E-state index contributed by atoms with van der Waals surface area (Å²) in [6.45, 7) is -1.05. The highest BCUT2D eigenvalue weighted by molar-refractivity contribution is 7.91. The van der Waals surface area contributed by atoms with Crippen LogP contribution in [-0.2, 0) is 29.0 Å². The average Bonchev–Trinajstić information content (AvgIpc) is 3.48. The van der Waals surface area contributed by atoms with Crippen LogP contribution in [0.3, 0.4) is 0 Å². The van der Waals surface area contributed by atoms with Gasteiger partial charge in [0.05, 0.1) is 11.5 Å². The fraction of sp³-hybridized carbons (Fsp3) is 0.818. The van der Waals surface area contributed by atoms with Crippen LogP contribution in [-0.4, -0.2) is 96.3 Å². The van der Waals surface area contributed by atoms with E-state index in [-0.39, 0.29) is 23.5 Å². The van der Waals surface area contributed by atoms with Gasteiger partial charge in [-0.1, -0.05) is 32.1 Å². The zero-order valence-electron chi connectivity index (χ0n) is 19.2. The first-order valence-corrected chi connectivity index (χ1v) is 13.7. The molecule has 4 amide bonds. The van der Waals surface area contributed by atoms with E-state index in [1.807, 2.05) is 0 Å². The number of imide groups is 1. The van der Waals surface area contributed by atoms with E-state index in [2.05, 4.69) is 0 Å². The first kappa shape index (κ1) is 24.0. The van der Waals surface area contributed by atoms with Crippen LogP contribution in [0.2, 0.25) is 0 Å². The monoisotopic (exact) mass is 483 g/mol. The minimum absolute atomic E-state index is 0.0453. The normalized spacial score (nSPS) is 26.9. The second-order valence-electron chi connectivity index (χ2n) is 9.78. The van der Waals surface area contributed by atoms with Crippen LogP contribution >= 0.6 is 0 Å². The number of sulfone groups is 1. The molecular weight excluding hydrogens is 450 g/mol. The molecule has 2 aliphatic heterocycles. The summed E-state index contributed by atoms with van der Waals surface area (Å²) in [6, 6.07) is -0.962. The Labute approximate surface area is 194 Å². The van der Waals surface area contributed by atoms with E-state index in [4.69, 9.17) is 4.74 Å². The molecule has 1 unspecified atom stereocenters. The summed E-state index contributed by atoms with van der Waals surface area (Å²) in [5, 5.41) is 0. The molecule has 11 heteroatoms. The third-order valence-electron chi connectivity index (χ3n) is 7.74. The molecule has 0 N–H and O–H groups in total. The highest BCUT2D eigenvalue weighted by atomic mass is 32.2. The number of rotatable bonds is 6. The number of likely N-dealkylation sites (N-methyl/N-ethyl adjacent to an activating group) is 1. The van der Waals surface area contributed by atoms with Gasteiger partial charge in [-0.15, -0.1) is 0 Å². The Morgan fingerprint density at radius 1 is 1.03 bits per heavy atom. The molecule has 4 rings (SSSR count). The molecule has 4 fully saturated rings. The van der Waals surface area contributed by atoms with Crippen molar-refractivity contribution in [2.24, 2.45) is 0 Å². The van der Waals surface area contributed by atoms with Crippen LogP contribution in [0.5, 0.6) is 0 Å². The Morgan fingerprint density at radius 3 is 2.30 bits per heavy atom. The molecule has 2 saturated heterocycles. The Hall–Kier alpha value is -2.17. The topological polar surface area (TPSA) is 121 Å². The quantitative estimate of drug-likeness (QED) is 0.409. The zero-order valence-corrected chi connectivity index (χ0v) is 20.0. The van der Waals surface area contributed by atoms with Crippen molar-refractivity contribution in [1.29, 1.82) is 0 Å². The van der Waals surface area contributed by atoms with Crippen LogP contribution in [0, 0.1) is 0 Å². The lowest BCUT2D eigenvalue weighted by Crippen LogP contribution is -2.49. The first-order valence-electron chi connectivity index (χ1n) is 11.9. The van der Waals surface area contributed by atoms with Gasteiger partial charge in [0.2, 0.25) is 0 Å². The maximum atomic E-state index is 13.0. The van der Waals surface area contributed by atoms with Gasteiger partial charge >= 0.3 is 12.0 Å². The van der Waals surface area contributed by atoms with Crippen molar-refractivity contribution in [1.82, 2.24) is 14.7 Å². The van der Waals surface area contributed by atoms with E-state index in [0.717, 1.165) is 49.8 Å². The Balaban J connectivity index is 1.37. The lowest BCUT2D eigenvalue weighted by molar-refractivity contribution is -0.155. The SMILES string of the molecule is CN1C(=O)N(CC(=O)OCC(=O)N(C2CCCC2)C2CCS(=O)(=O)C2)C(=O)C12CCCCC2. The molecular formula is C22H33N3O7S. The second-order valence-corrected chi connectivity index (χ2v) is 12.0. The van der Waals surface area contributed by atoms with Crippen LogP contribution in [0.4, 0.5) is 4.79 Å². The number of nitrogens with zero attached hydrogens (tertiary/aromatic N) is 3. The predicted octanol–water partition coefficient (Wildman–Crippen LogP) is 1.08. The van der Waals surface area contributed by atoms with Gasteiger partial charge < -0.3 is 14.5 Å². The van der Waals surface area contributed by atoms with Crippen molar-refractivity contribution >= 4 is 33.7 Å². The van der Waals surface area contributed by atoms with Crippen LogP contribution in [0.1, 0.15) is 64.2 Å². The second kappa shape index (κ2) is 9.23. The number of carbonyl (C=O) groups is 4. The van der Waals surface area contributed by atoms with E-state index >= 15 is 0 Å². The average molecular weight is 484 g/mol. The van der Waals surface area contributed by atoms with Gasteiger partial charge in [-0.25, -0.2) is 13.2 Å². The lowest BCUT2D eigenvalue weighted by atomic mass is 9.81. The molecule has 2 heterocycles. The molecule has 0 aromatic heterocycles. The molecule has 0 aromatic rings. The molecule has 4 aliphatic rings. The van der Waals surface area contributed by atoms with Crippen molar-refractivity contribution in [3.8, 4) is 0 Å². The summed E-state index contributed by atoms with van der Waals surface area (Å²) in [7, 11) is -1.58. The van der Waals surface area contributed by atoms with Gasteiger partial charge in [0.25, 0.3) is 11.8 Å². The van der Waals surface area contributed by atoms with Gasteiger partial charge in [0.15, 0.2) is 16.4 Å². The molecule has 1 atom stereocenters. The molecule has 10 nitrogen and oxygen atoms in total. The maximum absolute atomic E-state index is 13.0. The molecule has 184 valence electrons. The van der Waals surface area contributed by atoms with Gasteiger partial charge in [0, 0.05) is 19.1 Å². The van der Waals surface area contributed by atoms with E-state index in [1.165, 1.54) is 4.90 Å². The predicted molar refractivity (Wildman–Crippen MR) is 118 cm³/mol. The molecule has 0 aromatic carbocycles. The Bertz CT molecular complexity index is 922. The number of carbonyl (C=O) groups excluding carboxylic acids is 4. The molecule has 0 bridgehead atoms. The van der Waals surface area contributed by atoms with Crippen LogP contribution in [0.15, 0.2) is 0 Å². The first-order chi connectivity index (χ1) is 15.6. The van der Waals surface area contributed by atoms with Crippen molar-refractivity contribution in [2.75, 3.05) is 31.7 Å². The third kappa shape index (κ3) is 4.61. The number of ether oxygens (including phenoxy) is 1. The number of esters is 1. The van der Waals surface area contributed by atoms with E-state index < -0.39 is 52.5 Å². The Kier molecular flexibility index (Phi) is 6.70. The van der Waals surface area contributed by atoms with Crippen molar-refractivity contribution in [2.45, 2.75) is 81.8 Å². The Morgan fingerprint density at radius 2 is 1.70 bits per heavy atom. The van der Waals surface area contributed by atoms with Crippen LogP contribution in [0.25, 0.3) is 0 Å². The lowest BCUT2D eigenvalue weighted by Gasteiger charge is -2.35. The molecule has 2 saturated carbocycles. The van der Waals surface area contributed by atoms with Crippen LogP contribution < -0.4 is 0 Å². The van der Waals surface area contributed by atoms with E-state index in [0.29, 0.717) is 19.3 Å². The highest BCUT2D eigenvalue weighted by Crippen LogP contribution is 2.39. The van der Waals surface area contributed by atoms with Gasteiger partial charge in [0.1, 0.15) is 12.1 Å². The van der Waals surface area contributed by atoms with Gasteiger partial charge in [-0.05, 0) is 32.1 Å².